The summed E-state index contributed by atoms with van der Waals surface area (Å²) in [6.07, 6.45) is 6.31. The summed E-state index contributed by atoms with van der Waals surface area (Å²) in [4.78, 5) is 4.84. The lowest BCUT2D eigenvalue weighted by molar-refractivity contribution is 0.388. The largest absolute Gasteiger partial charge is 0.383 e. The van der Waals surface area contributed by atoms with Crippen molar-refractivity contribution < 1.29 is 0 Å². The van der Waals surface area contributed by atoms with Crippen LogP contribution in [0, 0.1) is 0 Å². The molecule has 1 saturated carbocycles. The quantitative estimate of drug-likeness (QED) is 0.935. The van der Waals surface area contributed by atoms with Crippen LogP contribution in [-0.2, 0) is 12.1 Å². The highest BCUT2D eigenvalue weighted by atomic mass is 15.3. The van der Waals surface area contributed by atoms with Crippen LogP contribution < -0.4 is 5.73 Å². The van der Waals surface area contributed by atoms with Gasteiger partial charge in [-0.1, -0.05) is 0 Å². The van der Waals surface area contributed by atoms with Crippen LogP contribution in [-0.4, -0.2) is 19.3 Å². The van der Waals surface area contributed by atoms with E-state index in [2.05, 4.69) is 37.4 Å². The number of nitrogens with zero attached hydrogens (tertiary/aromatic N) is 4. The molecular weight excluding hydrogens is 250 g/mol. The van der Waals surface area contributed by atoms with Gasteiger partial charge in [-0.3, -0.25) is 4.68 Å². The Balaban J connectivity index is 2.12. The molecule has 5 heteroatoms. The lowest BCUT2D eigenvalue weighted by Gasteiger charge is -2.25. The van der Waals surface area contributed by atoms with Crippen LogP contribution in [0.3, 0.4) is 0 Å². The molecule has 2 aromatic rings. The van der Waals surface area contributed by atoms with Crippen LogP contribution in [0.2, 0.25) is 0 Å². The summed E-state index contributed by atoms with van der Waals surface area (Å²) in [5, 5.41) is 4.33. The molecule has 0 amide bonds. The predicted molar refractivity (Wildman–Crippen MR) is 80.5 cm³/mol. The number of nitrogen functional groups attached to an aromatic ring is 1. The second-order valence-electron chi connectivity index (χ2n) is 6.57. The van der Waals surface area contributed by atoms with Crippen LogP contribution in [0.4, 0.5) is 5.82 Å². The zero-order valence-electron chi connectivity index (χ0n) is 12.7. The molecule has 0 bridgehead atoms. The highest BCUT2D eigenvalue weighted by Crippen LogP contribution is 2.44. The van der Waals surface area contributed by atoms with E-state index in [1.807, 2.05) is 17.1 Å². The second-order valence-corrected chi connectivity index (χ2v) is 6.57. The molecule has 0 spiro atoms. The molecule has 1 aliphatic carbocycles. The van der Waals surface area contributed by atoms with E-state index >= 15 is 0 Å². The van der Waals surface area contributed by atoms with Crippen molar-refractivity contribution >= 4 is 5.82 Å². The SMILES string of the molecule is CCn1cc(-c2nc(C3CC3)n(C(C)(C)C)c2N)cn1. The molecule has 2 aromatic heterocycles. The molecular formula is C15H23N5. The van der Waals surface area contributed by atoms with Gasteiger partial charge >= 0.3 is 0 Å². The van der Waals surface area contributed by atoms with E-state index in [0.29, 0.717) is 5.92 Å². The van der Waals surface area contributed by atoms with Gasteiger partial charge in [0.15, 0.2) is 0 Å². The van der Waals surface area contributed by atoms with Gasteiger partial charge in [-0.2, -0.15) is 5.10 Å². The van der Waals surface area contributed by atoms with E-state index in [-0.39, 0.29) is 5.54 Å². The van der Waals surface area contributed by atoms with Gasteiger partial charge in [-0.15, -0.1) is 0 Å². The van der Waals surface area contributed by atoms with Crippen LogP contribution in [0.25, 0.3) is 11.3 Å². The number of imidazole rings is 1. The molecule has 0 aliphatic heterocycles. The molecule has 5 nitrogen and oxygen atoms in total. The van der Waals surface area contributed by atoms with Gasteiger partial charge in [0.25, 0.3) is 0 Å². The third-order valence-corrected chi connectivity index (χ3v) is 3.78. The summed E-state index contributed by atoms with van der Waals surface area (Å²) >= 11 is 0. The first-order valence-electron chi connectivity index (χ1n) is 7.33. The van der Waals surface area contributed by atoms with Crippen LogP contribution in [0.15, 0.2) is 12.4 Å². The molecule has 0 saturated heterocycles. The Kier molecular flexibility index (Phi) is 2.88. The topological polar surface area (TPSA) is 61.7 Å². The minimum Gasteiger partial charge on any atom is -0.383 e. The molecule has 0 atom stereocenters. The van der Waals surface area contributed by atoms with Gasteiger partial charge in [-0.25, -0.2) is 4.98 Å². The smallest absolute Gasteiger partial charge is 0.132 e. The fourth-order valence-corrected chi connectivity index (χ4v) is 2.64. The van der Waals surface area contributed by atoms with Crippen molar-refractivity contribution in [2.75, 3.05) is 5.73 Å². The van der Waals surface area contributed by atoms with E-state index in [1.165, 1.54) is 12.8 Å². The minimum atomic E-state index is -0.0476. The number of aryl methyl sites for hydroxylation is 1. The molecule has 1 aliphatic rings. The molecule has 108 valence electrons. The van der Waals surface area contributed by atoms with Crippen LogP contribution in [0.5, 0.6) is 0 Å². The van der Waals surface area contributed by atoms with E-state index in [4.69, 9.17) is 10.7 Å². The Morgan fingerprint density at radius 3 is 2.55 bits per heavy atom. The minimum absolute atomic E-state index is 0.0476. The highest BCUT2D eigenvalue weighted by molar-refractivity contribution is 5.70. The van der Waals surface area contributed by atoms with E-state index < -0.39 is 0 Å². The first-order valence-corrected chi connectivity index (χ1v) is 7.33. The standard InChI is InChI=1S/C15H23N5/c1-5-19-9-11(8-17-19)12-13(16)20(15(2,3)4)14(18-12)10-6-7-10/h8-10H,5-7,16H2,1-4H3. The van der Waals surface area contributed by atoms with Crippen molar-refractivity contribution in [1.82, 2.24) is 19.3 Å². The molecule has 0 unspecified atom stereocenters. The van der Waals surface area contributed by atoms with Crippen molar-refractivity contribution in [2.45, 2.75) is 58.5 Å². The summed E-state index contributed by atoms with van der Waals surface area (Å²) < 4.78 is 4.10. The predicted octanol–water partition coefficient (Wildman–Crippen LogP) is 2.98. The Labute approximate surface area is 119 Å². The molecule has 20 heavy (non-hydrogen) atoms. The molecule has 2 N–H and O–H groups in total. The number of rotatable bonds is 3. The van der Waals surface area contributed by atoms with E-state index in [0.717, 1.165) is 29.4 Å². The van der Waals surface area contributed by atoms with Crippen LogP contribution >= 0.6 is 0 Å². The summed E-state index contributed by atoms with van der Waals surface area (Å²) in [5.74, 6) is 2.47. The van der Waals surface area contributed by atoms with Crippen molar-refractivity contribution in [3.8, 4) is 11.3 Å². The number of aromatic nitrogens is 4. The third-order valence-electron chi connectivity index (χ3n) is 3.78. The molecule has 3 rings (SSSR count). The maximum absolute atomic E-state index is 6.40. The summed E-state index contributed by atoms with van der Waals surface area (Å²) in [6.45, 7) is 9.46. The van der Waals surface area contributed by atoms with Gasteiger partial charge in [0.05, 0.1) is 6.20 Å². The maximum Gasteiger partial charge on any atom is 0.132 e. The zero-order valence-corrected chi connectivity index (χ0v) is 12.7. The lowest BCUT2D eigenvalue weighted by atomic mass is 10.1. The number of hydrogen-bond acceptors (Lipinski definition) is 3. The number of hydrogen-bond donors (Lipinski definition) is 1. The van der Waals surface area contributed by atoms with Gasteiger partial charge in [0, 0.05) is 29.8 Å². The van der Waals surface area contributed by atoms with E-state index in [1.54, 1.807) is 0 Å². The summed E-state index contributed by atoms with van der Waals surface area (Å²) in [5.41, 5.74) is 8.24. The normalized spacial score (nSPS) is 15.8. The Hall–Kier alpha value is -1.78. The zero-order chi connectivity index (χ0) is 14.5. The van der Waals surface area contributed by atoms with E-state index in [9.17, 15) is 0 Å². The molecule has 1 fully saturated rings. The average molecular weight is 273 g/mol. The Bertz CT molecular complexity index is 625. The fourth-order valence-electron chi connectivity index (χ4n) is 2.64. The Morgan fingerprint density at radius 1 is 1.35 bits per heavy atom. The van der Waals surface area contributed by atoms with Crippen molar-refractivity contribution in [2.24, 2.45) is 0 Å². The first-order chi connectivity index (χ1) is 9.41. The van der Waals surface area contributed by atoms with Gasteiger partial charge in [0.1, 0.15) is 17.3 Å². The van der Waals surface area contributed by atoms with Gasteiger partial charge in [0.2, 0.25) is 0 Å². The molecule has 0 radical (unpaired) electrons. The first kappa shape index (κ1) is 13.2. The monoisotopic (exact) mass is 273 g/mol. The fraction of sp³-hybridized carbons (Fsp3) is 0.600. The molecule has 2 heterocycles. The van der Waals surface area contributed by atoms with Crippen molar-refractivity contribution in [3.63, 3.8) is 0 Å². The highest BCUT2D eigenvalue weighted by Gasteiger charge is 2.34. The van der Waals surface area contributed by atoms with Crippen molar-refractivity contribution in [3.05, 3.63) is 18.2 Å². The van der Waals surface area contributed by atoms with Gasteiger partial charge in [-0.05, 0) is 40.5 Å². The molecule has 0 aromatic carbocycles. The van der Waals surface area contributed by atoms with Crippen molar-refractivity contribution in [1.29, 1.82) is 0 Å². The summed E-state index contributed by atoms with van der Waals surface area (Å²) in [6, 6.07) is 0. The van der Waals surface area contributed by atoms with Crippen LogP contribution in [0.1, 0.15) is 52.3 Å². The summed E-state index contributed by atoms with van der Waals surface area (Å²) in [7, 11) is 0. The number of nitrogens with two attached hydrogens (primary N) is 1. The average Bonchev–Trinajstić information content (AvgIpc) is 2.99. The second kappa shape index (κ2) is 4.36. The number of anilines is 1. The third kappa shape index (κ3) is 2.11. The lowest BCUT2D eigenvalue weighted by Crippen LogP contribution is -2.25. The maximum atomic E-state index is 6.40. The Morgan fingerprint density at radius 2 is 2.05 bits per heavy atom. The van der Waals surface area contributed by atoms with Gasteiger partial charge < -0.3 is 10.3 Å².